The van der Waals surface area contributed by atoms with Gasteiger partial charge in [0.2, 0.25) is 0 Å². The number of aliphatic hydroxyl groups excluding tert-OH is 1. The average Bonchev–Trinajstić information content (AvgIpc) is 2.81. The Balaban J connectivity index is 2.04. The van der Waals surface area contributed by atoms with E-state index in [2.05, 4.69) is 4.98 Å². The summed E-state index contributed by atoms with van der Waals surface area (Å²) in [7, 11) is 0. The number of furan rings is 1. The first-order valence-electron chi connectivity index (χ1n) is 5.51. The van der Waals surface area contributed by atoms with Gasteiger partial charge in [-0.05, 0) is 30.3 Å². The number of aliphatic hydroxyl groups is 1. The van der Waals surface area contributed by atoms with Crippen molar-refractivity contribution >= 4 is 11.0 Å². The van der Waals surface area contributed by atoms with Gasteiger partial charge in [0, 0.05) is 23.3 Å². The number of rotatable bonds is 2. The van der Waals surface area contributed by atoms with Crippen molar-refractivity contribution in [3.63, 3.8) is 0 Å². The third-order valence-corrected chi connectivity index (χ3v) is 2.77. The minimum atomic E-state index is -0.894. The van der Waals surface area contributed by atoms with Gasteiger partial charge in [-0.2, -0.15) is 0 Å². The maximum Gasteiger partial charge on any atom is 0.138 e. The van der Waals surface area contributed by atoms with Gasteiger partial charge in [-0.3, -0.25) is 4.98 Å². The summed E-state index contributed by atoms with van der Waals surface area (Å²) in [5.74, 6) is 0.0503. The second-order valence-corrected chi connectivity index (χ2v) is 4.02. The first kappa shape index (κ1) is 10.9. The Morgan fingerprint density at radius 2 is 2.11 bits per heavy atom. The quantitative estimate of drug-likeness (QED) is 0.752. The van der Waals surface area contributed by atoms with Crippen molar-refractivity contribution in [2.75, 3.05) is 0 Å². The summed E-state index contributed by atoms with van der Waals surface area (Å²) in [6, 6.07) is 9.37. The second kappa shape index (κ2) is 4.23. The van der Waals surface area contributed by atoms with Gasteiger partial charge < -0.3 is 9.52 Å². The van der Waals surface area contributed by atoms with Gasteiger partial charge in [-0.1, -0.05) is 6.07 Å². The number of hydrogen-bond acceptors (Lipinski definition) is 3. The molecule has 0 spiro atoms. The zero-order valence-electron chi connectivity index (χ0n) is 9.38. The Labute approximate surface area is 103 Å². The van der Waals surface area contributed by atoms with Gasteiger partial charge in [-0.25, -0.2) is 4.39 Å². The normalized spacial score (nSPS) is 12.8. The molecule has 0 aliphatic carbocycles. The lowest BCUT2D eigenvalue weighted by molar-refractivity contribution is 0.192. The molecule has 2 aromatic heterocycles. The summed E-state index contributed by atoms with van der Waals surface area (Å²) in [4.78, 5) is 3.94. The van der Waals surface area contributed by atoms with E-state index in [1.807, 2.05) is 0 Å². The van der Waals surface area contributed by atoms with Gasteiger partial charge in [0.25, 0.3) is 0 Å². The molecule has 0 aliphatic heterocycles. The zero-order chi connectivity index (χ0) is 12.5. The first-order valence-corrected chi connectivity index (χ1v) is 5.51. The fraction of sp³-hybridized carbons (Fsp3) is 0.0714. The van der Waals surface area contributed by atoms with Crippen LogP contribution in [0.1, 0.15) is 17.4 Å². The summed E-state index contributed by atoms with van der Waals surface area (Å²) in [5.41, 5.74) is 1.19. The molecular weight excluding hydrogens is 233 g/mol. The predicted octanol–water partition coefficient (Wildman–Crippen LogP) is 3.05. The van der Waals surface area contributed by atoms with Gasteiger partial charge in [-0.15, -0.1) is 0 Å². The lowest BCUT2D eigenvalue weighted by Gasteiger charge is -2.06. The number of hydrogen-bond donors (Lipinski definition) is 1. The molecule has 0 amide bonds. The fourth-order valence-electron chi connectivity index (χ4n) is 1.87. The van der Waals surface area contributed by atoms with Crippen LogP contribution in [0.2, 0.25) is 0 Å². The van der Waals surface area contributed by atoms with Crippen LogP contribution in [0.3, 0.4) is 0 Å². The smallest absolute Gasteiger partial charge is 0.138 e. The van der Waals surface area contributed by atoms with Crippen molar-refractivity contribution in [2.24, 2.45) is 0 Å². The van der Waals surface area contributed by atoms with Crippen LogP contribution in [0, 0.1) is 5.82 Å². The van der Waals surface area contributed by atoms with Crippen LogP contribution in [-0.4, -0.2) is 10.1 Å². The van der Waals surface area contributed by atoms with E-state index >= 15 is 0 Å². The Morgan fingerprint density at radius 3 is 2.89 bits per heavy atom. The highest BCUT2D eigenvalue weighted by Crippen LogP contribution is 2.28. The van der Waals surface area contributed by atoms with Crippen LogP contribution in [0.15, 0.2) is 53.2 Å². The molecule has 0 fully saturated rings. The molecule has 0 aliphatic rings. The maximum absolute atomic E-state index is 13.1. The summed E-state index contributed by atoms with van der Waals surface area (Å²) >= 11 is 0. The van der Waals surface area contributed by atoms with E-state index in [1.54, 1.807) is 36.7 Å². The van der Waals surface area contributed by atoms with Crippen molar-refractivity contribution in [1.82, 2.24) is 4.98 Å². The Bertz CT molecular complexity index is 679. The lowest BCUT2D eigenvalue weighted by Crippen LogP contribution is -1.97. The summed E-state index contributed by atoms with van der Waals surface area (Å²) in [6.07, 6.45) is 2.30. The molecule has 2 heterocycles. The van der Waals surface area contributed by atoms with E-state index in [4.69, 9.17) is 4.42 Å². The van der Waals surface area contributed by atoms with E-state index in [0.29, 0.717) is 22.3 Å². The molecule has 0 saturated carbocycles. The van der Waals surface area contributed by atoms with Crippen LogP contribution in [-0.2, 0) is 0 Å². The highest BCUT2D eigenvalue weighted by atomic mass is 19.1. The minimum Gasteiger partial charge on any atom is -0.458 e. The van der Waals surface area contributed by atoms with Crippen LogP contribution in [0.25, 0.3) is 11.0 Å². The van der Waals surface area contributed by atoms with Gasteiger partial charge >= 0.3 is 0 Å². The highest BCUT2D eigenvalue weighted by molar-refractivity contribution is 5.78. The Morgan fingerprint density at radius 1 is 1.22 bits per heavy atom. The molecule has 1 unspecified atom stereocenters. The van der Waals surface area contributed by atoms with Crippen molar-refractivity contribution in [1.29, 1.82) is 0 Å². The predicted molar refractivity (Wildman–Crippen MR) is 64.5 cm³/mol. The number of halogens is 1. The largest absolute Gasteiger partial charge is 0.458 e. The lowest BCUT2D eigenvalue weighted by atomic mass is 10.1. The fourth-order valence-corrected chi connectivity index (χ4v) is 1.87. The third-order valence-electron chi connectivity index (χ3n) is 2.77. The number of nitrogens with zero attached hydrogens (tertiary/aromatic N) is 1. The molecular formula is C14H10FNO2. The number of benzene rings is 1. The topological polar surface area (TPSA) is 46.3 Å². The van der Waals surface area contributed by atoms with E-state index in [-0.39, 0.29) is 5.82 Å². The molecule has 0 bridgehead atoms. The first-order chi connectivity index (χ1) is 8.74. The summed E-state index contributed by atoms with van der Waals surface area (Å²) in [5, 5.41) is 10.8. The van der Waals surface area contributed by atoms with E-state index < -0.39 is 6.10 Å². The molecule has 1 atom stereocenters. The highest BCUT2D eigenvalue weighted by Gasteiger charge is 2.15. The Kier molecular flexibility index (Phi) is 2.57. The van der Waals surface area contributed by atoms with Crippen molar-refractivity contribution < 1.29 is 13.9 Å². The summed E-state index contributed by atoms with van der Waals surface area (Å²) in [6.45, 7) is 0. The number of fused-ring (bicyclic) bond motifs is 1. The molecule has 3 aromatic rings. The van der Waals surface area contributed by atoms with Crippen LogP contribution in [0.4, 0.5) is 4.39 Å². The molecule has 4 heteroatoms. The Hall–Kier alpha value is -2.20. The molecule has 1 aromatic carbocycles. The molecule has 3 rings (SSSR count). The van der Waals surface area contributed by atoms with Crippen molar-refractivity contribution in [2.45, 2.75) is 6.10 Å². The maximum atomic E-state index is 13.1. The summed E-state index contributed by atoms with van der Waals surface area (Å²) < 4.78 is 18.6. The number of pyridine rings is 1. The molecule has 18 heavy (non-hydrogen) atoms. The second-order valence-electron chi connectivity index (χ2n) is 4.02. The standard InChI is InChI=1S/C14H10FNO2/c15-11-3-4-12-10(6-11)7-13(18-12)14(17)9-2-1-5-16-8-9/h1-8,14,17H. The van der Waals surface area contributed by atoms with Crippen LogP contribution < -0.4 is 0 Å². The monoisotopic (exact) mass is 243 g/mol. The molecule has 0 saturated heterocycles. The molecule has 90 valence electrons. The van der Waals surface area contributed by atoms with Gasteiger partial charge in [0.05, 0.1) is 0 Å². The van der Waals surface area contributed by atoms with Gasteiger partial charge in [0.1, 0.15) is 23.3 Å². The molecule has 1 N–H and O–H groups in total. The van der Waals surface area contributed by atoms with Crippen molar-refractivity contribution in [3.05, 3.63) is 65.9 Å². The minimum absolute atomic E-state index is 0.328. The van der Waals surface area contributed by atoms with E-state index in [0.717, 1.165) is 0 Å². The SMILES string of the molecule is OC(c1cccnc1)c1cc2cc(F)ccc2o1. The van der Waals surface area contributed by atoms with E-state index in [9.17, 15) is 9.50 Å². The average molecular weight is 243 g/mol. The number of aromatic nitrogens is 1. The zero-order valence-corrected chi connectivity index (χ0v) is 9.38. The van der Waals surface area contributed by atoms with Crippen molar-refractivity contribution in [3.8, 4) is 0 Å². The molecule has 0 radical (unpaired) electrons. The van der Waals surface area contributed by atoms with Crippen LogP contribution in [0.5, 0.6) is 0 Å². The molecule has 3 nitrogen and oxygen atoms in total. The van der Waals surface area contributed by atoms with Crippen LogP contribution >= 0.6 is 0 Å². The third kappa shape index (κ3) is 1.87. The van der Waals surface area contributed by atoms with Gasteiger partial charge in [0.15, 0.2) is 0 Å². The van der Waals surface area contributed by atoms with E-state index in [1.165, 1.54) is 12.1 Å².